The van der Waals surface area contributed by atoms with Crippen LogP contribution in [0.1, 0.15) is 26.3 Å². The number of ether oxygens (including phenoxy) is 3. The summed E-state index contributed by atoms with van der Waals surface area (Å²) >= 11 is 0. The van der Waals surface area contributed by atoms with Gasteiger partial charge in [-0.15, -0.1) is 0 Å². The molecule has 0 spiro atoms. The van der Waals surface area contributed by atoms with Crippen LogP contribution in [0.5, 0.6) is 5.75 Å². The van der Waals surface area contributed by atoms with Crippen molar-refractivity contribution in [2.45, 2.75) is 0 Å². The number of rotatable bonds is 6. The van der Waals surface area contributed by atoms with E-state index >= 15 is 0 Å². The fraction of sp³-hybridized carbons (Fsp3) is 0.150. The fourth-order valence-electron chi connectivity index (χ4n) is 2.24. The Hall–Kier alpha value is -3.61. The van der Waals surface area contributed by atoms with E-state index in [1.165, 1.54) is 38.5 Å². The molecule has 2 aromatic carbocycles. The van der Waals surface area contributed by atoms with Crippen LogP contribution in [0.4, 0.5) is 5.69 Å². The molecule has 0 saturated carbocycles. The summed E-state index contributed by atoms with van der Waals surface area (Å²) in [5.74, 6) is -0.992. The average molecular weight is 369 g/mol. The van der Waals surface area contributed by atoms with Gasteiger partial charge in [-0.1, -0.05) is 12.1 Å². The van der Waals surface area contributed by atoms with Gasteiger partial charge in [-0.3, -0.25) is 4.79 Å². The molecule has 140 valence electrons. The van der Waals surface area contributed by atoms with Crippen molar-refractivity contribution in [3.8, 4) is 5.75 Å². The fourth-order valence-corrected chi connectivity index (χ4v) is 2.24. The first-order valence-electron chi connectivity index (χ1n) is 7.92. The van der Waals surface area contributed by atoms with E-state index in [-0.39, 0.29) is 16.8 Å². The van der Waals surface area contributed by atoms with Crippen LogP contribution in [0.25, 0.3) is 6.08 Å². The van der Waals surface area contributed by atoms with E-state index in [1.54, 1.807) is 37.5 Å². The Labute approximate surface area is 156 Å². The summed E-state index contributed by atoms with van der Waals surface area (Å²) in [6.45, 7) is 0. The maximum atomic E-state index is 12.2. The van der Waals surface area contributed by atoms with Crippen LogP contribution in [0.15, 0.2) is 48.5 Å². The van der Waals surface area contributed by atoms with Gasteiger partial charge in [0.2, 0.25) is 5.91 Å². The Bertz CT molecular complexity index is 871. The molecule has 0 unspecified atom stereocenters. The summed E-state index contributed by atoms with van der Waals surface area (Å²) < 4.78 is 14.4. The second kappa shape index (κ2) is 9.19. The SMILES string of the molecule is COC(=O)c1ccc(C(=O)OC)c(NC(=O)/C=C\c2ccc(OC)cc2)c1. The van der Waals surface area contributed by atoms with Gasteiger partial charge in [-0.25, -0.2) is 9.59 Å². The van der Waals surface area contributed by atoms with Crippen molar-refractivity contribution in [1.82, 2.24) is 0 Å². The monoisotopic (exact) mass is 369 g/mol. The lowest BCUT2D eigenvalue weighted by Crippen LogP contribution is -2.14. The molecule has 0 bridgehead atoms. The third kappa shape index (κ3) is 5.18. The number of esters is 2. The molecule has 2 aromatic rings. The minimum absolute atomic E-state index is 0.122. The van der Waals surface area contributed by atoms with E-state index in [2.05, 4.69) is 10.1 Å². The Morgan fingerprint density at radius 3 is 2.15 bits per heavy atom. The van der Waals surface area contributed by atoms with Crippen LogP contribution in [-0.2, 0) is 14.3 Å². The third-order valence-electron chi connectivity index (χ3n) is 3.65. The zero-order valence-corrected chi connectivity index (χ0v) is 15.1. The molecule has 1 N–H and O–H groups in total. The second-order valence-electron chi connectivity index (χ2n) is 5.34. The van der Waals surface area contributed by atoms with E-state index in [0.29, 0.717) is 5.75 Å². The molecule has 0 aromatic heterocycles. The largest absolute Gasteiger partial charge is 0.497 e. The highest BCUT2D eigenvalue weighted by molar-refractivity contribution is 6.07. The van der Waals surface area contributed by atoms with E-state index < -0.39 is 17.8 Å². The summed E-state index contributed by atoms with van der Waals surface area (Å²) in [7, 11) is 4.04. The van der Waals surface area contributed by atoms with E-state index in [9.17, 15) is 14.4 Å². The second-order valence-corrected chi connectivity index (χ2v) is 5.34. The summed E-state index contributed by atoms with van der Waals surface area (Å²) in [6.07, 6.45) is 2.92. The van der Waals surface area contributed by atoms with E-state index in [0.717, 1.165) is 5.56 Å². The van der Waals surface area contributed by atoms with Crippen molar-refractivity contribution in [1.29, 1.82) is 0 Å². The molecule has 2 rings (SSSR count). The van der Waals surface area contributed by atoms with Crippen LogP contribution >= 0.6 is 0 Å². The zero-order chi connectivity index (χ0) is 19.8. The lowest BCUT2D eigenvalue weighted by Gasteiger charge is -2.10. The average Bonchev–Trinajstić information content (AvgIpc) is 2.71. The molecule has 27 heavy (non-hydrogen) atoms. The van der Waals surface area contributed by atoms with Gasteiger partial charge in [-0.2, -0.15) is 0 Å². The van der Waals surface area contributed by atoms with Crippen molar-refractivity contribution in [3.05, 3.63) is 65.2 Å². The molecule has 0 aliphatic heterocycles. The molecular formula is C20H19NO6. The minimum atomic E-state index is -0.638. The number of benzene rings is 2. The van der Waals surface area contributed by atoms with Crippen molar-refractivity contribution < 1.29 is 28.6 Å². The lowest BCUT2D eigenvalue weighted by molar-refractivity contribution is -0.111. The van der Waals surface area contributed by atoms with Crippen molar-refractivity contribution in [2.24, 2.45) is 0 Å². The summed E-state index contributed by atoms with van der Waals surface area (Å²) in [5.41, 5.74) is 1.26. The van der Waals surface area contributed by atoms with Crippen LogP contribution in [0.3, 0.4) is 0 Å². The first-order valence-corrected chi connectivity index (χ1v) is 7.92. The number of carbonyl (C=O) groups is 3. The minimum Gasteiger partial charge on any atom is -0.497 e. The van der Waals surface area contributed by atoms with Gasteiger partial charge in [0.1, 0.15) is 5.75 Å². The van der Waals surface area contributed by atoms with Crippen LogP contribution in [0.2, 0.25) is 0 Å². The van der Waals surface area contributed by atoms with Gasteiger partial charge in [0.25, 0.3) is 0 Å². The number of amides is 1. The Morgan fingerprint density at radius 1 is 0.889 bits per heavy atom. The molecule has 0 radical (unpaired) electrons. The number of carbonyl (C=O) groups excluding carboxylic acids is 3. The maximum Gasteiger partial charge on any atom is 0.339 e. The molecule has 0 aliphatic carbocycles. The van der Waals surface area contributed by atoms with Gasteiger partial charge in [0, 0.05) is 6.08 Å². The number of anilines is 1. The maximum absolute atomic E-state index is 12.2. The van der Waals surface area contributed by atoms with Gasteiger partial charge >= 0.3 is 11.9 Å². The zero-order valence-electron chi connectivity index (χ0n) is 15.1. The molecule has 0 heterocycles. The number of hydrogen-bond donors (Lipinski definition) is 1. The highest BCUT2D eigenvalue weighted by Crippen LogP contribution is 2.20. The molecule has 0 fully saturated rings. The van der Waals surface area contributed by atoms with Crippen LogP contribution in [-0.4, -0.2) is 39.2 Å². The molecule has 0 saturated heterocycles. The summed E-state index contributed by atoms with van der Waals surface area (Å²) in [5, 5.41) is 2.58. The molecule has 0 aliphatic rings. The summed E-state index contributed by atoms with van der Waals surface area (Å²) in [6, 6.07) is 11.3. The first kappa shape index (κ1) is 19.7. The number of nitrogens with one attached hydrogen (secondary N) is 1. The van der Waals surface area contributed by atoms with Crippen LogP contribution in [0, 0.1) is 0 Å². The number of methoxy groups -OCH3 is 3. The van der Waals surface area contributed by atoms with E-state index in [4.69, 9.17) is 9.47 Å². The molecule has 0 atom stereocenters. The molecule has 7 nitrogen and oxygen atoms in total. The van der Waals surface area contributed by atoms with Crippen molar-refractivity contribution >= 4 is 29.6 Å². The highest BCUT2D eigenvalue weighted by Gasteiger charge is 2.16. The van der Waals surface area contributed by atoms with Gasteiger partial charge < -0.3 is 19.5 Å². The molecule has 7 heteroatoms. The van der Waals surface area contributed by atoms with Crippen LogP contribution < -0.4 is 10.1 Å². The highest BCUT2D eigenvalue weighted by atomic mass is 16.5. The van der Waals surface area contributed by atoms with Gasteiger partial charge in [0.05, 0.1) is 38.1 Å². The molecule has 1 amide bonds. The smallest absolute Gasteiger partial charge is 0.339 e. The standard InChI is InChI=1S/C20H19NO6/c1-25-15-8-4-13(5-9-15)6-11-18(22)21-17-12-14(19(23)26-2)7-10-16(17)20(24)27-3/h4-12H,1-3H3,(H,21,22)/b11-6-. The Balaban J connectivity index is 2.22. The van der Waals surface area contributed by atoms with Gasteiger partial charge in [0.15, 0.2) is 0 Å². The van der Waals surface area contributed by atoms with Crippen molar-refractivity contribution in [2.75, 3.05) is 26.6 Å². The predicted molar refractivity (Wildman–Crippen MR) is 99.8 cm³/mol. The van der Waals surface area contributed by atoms with Crippen molar-refractivity contribution in [3.63, 3.8) is 0 Å². The summed E-state index contributed by atoms with van der Waals surface area (Å²) in [4.78, 5) is 35.8. The van der Waals surface area contributed by atoms with Gasteiger partial charge in [-0.05, 0) is 42.0 Å². The topological polar surface area (TPSA) is 90.9 Å². The molecular weight excluding hydrogens is 350 g/mol. The number of hydrogen-bond acceptors (Lipinski definition) is 6. The first-order chi connectivity index (χ1) is 13.0. The Kier molecular flexibility index (Phi) is 6.71. The van der Waals surface area contributed by atoms with E-state index in [1.807, 2.05) is 0 Å². The third-order valence-corrected chi connectivity index (χ3v) is 3.65. The lowest BCUT2D eigenvalue weighted by atomic mass is 10.1. The Morgan fingerprint density at radius 2 is 1.56 bits per heavy atom. The predicted octanol–water partition coefficient (Wildman–Crippen LogP) is 2.92. The normalized spacial score (nSPS) is 10.3. The quantitative estimate of drug-likeness (QED) is 0.622.